The fourth-order valence-electron chi connectivity index (χ4n) is 3.27. The highest BCUT2D eigenvalue weighted by molar-refractivity contribution is 5.92. The Hall–Kier alpha value is -2.89. The van der Waals surface area contributed by atoms with E-state index in [1.54, 1.807) is 41.4 Å². The number of likely N-dealkylation sites (tertiary alicyclic amines) is 1. The quantitative estimate of drug-likeness (QED) is 0.730. The number of hydrogen-bond donors (Lipinski definition) is 0. The van der Waals surface area contributed by atoms with E-state index in [0.29, 0.717) is 24.4 Å². The predicted molar refractivity (Wildman–Crippen MR) is 90.5 cm³/mol. The van der Waals surface area contributed by atoms with Gasteiger partial charge in [-0.2, -0.15) is 5.10 Å². The van der Waals surface area contributed by atoms with Crippen molar-refractivity contribution in [3.63, 3.8) is 0 Å². The number of furan rings is 1. The Labute approximate surface area is 144 Å². The number of rotatable bonds is 3. The average Bonchev–Trinajstić information content (AvgIpc) is 3.34. The van der Waals surface area contributed by atoms with Crippen molar-refractivity contribution < 1.29 is 13.6 Å². The molecule has 2 aromatic heterocycles. The summed E-state index contributed by atoms with van der Waals surface area (Å²) in [6.45, 7) is 1.28. The summed E-state index contributed by atoms with van der Waals surface area (Å²) in [5.74, 6) is 0.0634. The van der Waals surface area contributed by atoms with Gasteiger partial charge in [0.15, 0.2) is 5.76 Å². The lowest BCUT2D eigenvalue weighted by Crippen LogP contribution is -2.40. The topological polar surface area (TPSA) is 51.3 Å². The van der Waals surface area contributed by atoms with Crippen LogP contribution in [0.15, 0.2) is 59.3 Å². The maximum atomic E-state index is 13.9. The third-order valence-electron chi connectivity index (χ3n) is 4.54. The van der Waals surface area contributed by atoms with Crippen molar-refractivity contribution in [3.05, 3.63) is 66.4 Å². The van der Waals surface area contributed by atoms with Crippen LogP contribution in [0.2, 0.25) is 0 Å². The van der Waals surface area contributed by atoms with Crippen molar-refractivity contribution in [1.82, 2.24) is 14.7 Å². The number of piperidine rings is 1. The molecule has 1 aliphatic heterocycles. The molecule has 0 saturated carbocycles. The van der Waals surface area contributed by atoms with Gasteiger partial charge in [0.05, 0.1) is 11.6 Å². The number of aromatic nitrogens is 2. The normalized spacial score (nSPS) is 17.6. The highest BCUT2D eigenvalue weighted by Gasteiger charge is 2.27. The summed E-state index contributed by atoms with van der Waals surface area (Å²) in [5.41, 5.74) is 0.356. The zero-order chi connectivity index (χ0) is 17.2. The van der Waals surface area contributed by atoms with Gasteiger partial charge in [0.2, 0.25) is 0 Å². The fourth-order valence-corrected chi connectivity index (χ4v) is 3.27. The molecule has 1 amide bonds. The molecule has 1 fully saturated rings. The summed E-state index contributed by atoms with van der Waals surface area (Å²) in [5, 5.41) is 4.27. The molecule has 6 heteroatoms. The molecule has 25 heavy (non-hydrogen) atoms. The number of carbonyl (C=O) groups is 1. The van der Waals surface area contributed by atoms with Crippen molar-refractivity contribution >= 4 is 5.91 Å². The van der Waals surface area contributed by atoms with Crippen LogP contribution in [-0.2, 0) is 0 Å². The number of amides is 1. The van der Waals surface area contributed by atoms with Crippen LogP contribution in [0.5, 0.6) is 0 Å². The standard InChI is InChI=1S/C19H18FN3O2/c20-16-7-2-1-6-15(16)17-8-9-18(25-17)19(24)22-11-3-5-14(13-22)23-12-4-10-21-23/h1-2,4,6-10,12,14H,3,5,11,13H2. The molecule has 128 valence electrons. The van der Waals surface area contributed by atoms with Gasteiger partial charge in [0, 0.05) is 25.5 Å². The monoisotopic (exact) mass is 339 g/mol. The van der Waals surface area contributed by atoms with E-state index in [1.807, 2.05) is 16.9 Å². The van der Waals surface area contributed by atoms with E-state index in [-0.39, 0.29) is 23.5 Å². The molecule has 4 rings (SSSR count). The van der Waals surface area contributed by atoms with Crippen LogP contribution < -0.4 is 0 Å². The van der Waals surface area contributed by atoms with E-state index in [2.05, 4.69) is 5.10 Å². The zero-order valence-electron chi connectivity index (χ0n) is 13.6. The number of hydrogen-bond acceptors (Lipinski definition) is 3. The highest BCUT2D eigenvalue weighted by atomic mass is 19.1. The SMILES string of the molecule is O=C(c1ccc(-c2ccccc2F)o1)N1CCCC(n2cccn2)C1. The average molecular weight is 339 g/mol. The number of carbonyl (C=O) groups excluding carboxylic acids is 1. The van der Waals surface area contributed by atoms with E-state index < -0.39 is 0 Å². The van der Waals surface area contributed by atoms with Crippen LogP contribution in [0.1, 0.15) is 29.4 Å². The maximum Gasteiger partial charge on any atom is 0.289 e. The highest BCUT2D eigenvalue weighted by Crippen LogP contribution is 2.27. The van der Waals surface area contributed by atoms with Crippen molar-refractivity contribution in [2.24, 2.45) is 0 Å². The second-order valence-electron chi connectivity index (χ2n) is 6.18. The van der Waals surface area contributed by atoms with Crippen LogP contribution in [-0.4, -0.2) is 33.7 Å². The van der Waals surface area contributed by atoms with Crippen LogP contribution in [0.3, 0.4) is 0 Å². The largest absolute Gasteiger partial charge is 0.451 e. The van der Waals surface area contributed by atoms with Gasteiger partial charge >= 0.3 is 0 Å². The second-order valence-corrected chi connectivity index (χ2v) is 6.18. The first-order valence-corrected chi connectivity index (χ1v) is 8.35. The molecule has 1 aromatic carbocycles. The molecule has 0 bridgehead atoms. The van der Waals surface area contributed by atoms with Gasteiger partial charge in [0.1, 0.15) is 11.6 Å². The van der Waals surface area contributed by atoms with Crippen LogP contribution in [0, 0.1) is 5.82 Å². The smallest absolute Gasteiger partial charge is 0.289 e. The lowest BCUT2D eigenvalue weighted by atomic mass is 10.1. The van der Waals surface area contributed by atoms with Crippen molar-refractivity contribution in [3.8, 4) is 11.3 Å². The Balaban J connectivity index is 1.52. The van der Waals surface area contributed by atoms with Gasteiger partial charge in [-0.15, -0.1) is 0 Å². The lowest BCUT2D eigenvalue weighted by Gasteiger charge is -2.32. The molecule has 0 radical (unpaired) electrons. The van der Waals surface area contributed by atoms with Gasteiger partial charge in [-0.05, 0) is 43.2 Å². The molecule has 1 aliphatic rings. The molecule has 0 spiro atoms. The minimum Gasteiger partial charge on any atom is -0.451 e. The van der Waals surface area contributed by atoms with E-state index in [4.69, 9.17) is 4.42 Å². The lowest BCUT2D eigenvalue weighted by molar-refractivity contribution is 0.0642. The third kappa shape index (κ3) is 3.07. The maximum absolute atomic E-state index is 13.9. The molecule has 1 unspecified atom stereocenters. The second kappa shape index (κ2) is 6.55. The van der Waals surface area contributed by atoms with Crippen molar-refractivity contribution in [2.45, 2.75) is 18.9 Å². The van der Waals surface area contributed by atoms with E-state index in [1.165, 1.54) is 6.07 Å². The molecule has 0 aliphatic carbocycles. The van der Waals surface area contributed by atoms with Crippen molar-refractivity contribution in [2.75, 3.05) is 13.1 Å². The van der Waals surface area contributed by atoms with E-state index >= 15 is 0 Å². The molecule has 3 aromatic rings. The summed E-state index contributed by atoms with van der Waals surface area (Å²) in [6.07, 6.45) is 5.57. The molecular formula is C19H18FN3O2. The van der Waals surface area contributed by atoms with Crippen LogP contribution in [0.4, 0.5) is 4.39 Å². The summed E-state index contributed by atoms with van der Waals surface area (Å²) in [6, 6.07) is 11.7. The third-order valence-corrected chi connectivity index (χ3v) is 4.54. The molecule has 1 saturated heterocycles. The first-order valence-electron chi connectivity index (χ1n) is 8.35. The van der Waals surface area contributed by atoms with Gasteiger partial charge in [-0.1, -0.05) is 12.1 Å². The Morgan fingerprint density at radius 3 is 2.88 bits per heavy atom. The van der Waals surface area contributed by atoms with Gasteiger partial charge < -0.3 is 9.32 Å². The summed E-state index contributed by atoms with van der Waals surface area (Å²) < 4.78 is 21.4. The number of benzene rings is 1. The predicted octanol–water partition coefficient (Wildman–Crippen LogP) is 3.76. The van der Waals surface area contributed by atoms with Crippen LogP contribution >= 0.6 is 0 Å². The first-order chi connectivity index (χ1) is 12.2. The molecule has 5 nitrogen and oxygen atoms in total. The summed E-state index contributed by atoms with van der Waals surface area (Å²) in [7, 11) is 0. The Kier molecular flexibility index (Phi) is 4.09. The first kappa shape index (κ1) is 15.6. The number of halogens is 1. The van der Waals surface area contributed by atoms with Gasteiger partial charge in [-0.25, -0.2) is 4.39 Å². The minimum absolute atomic E-state index is 0.167. The zero-order valence-corrected chi connectivity index (χ0v) is 13.6. The molecule has 1 atom stereocenters. The van der Waals surface area contributed by atoms with E-state index in [0.717, 1.165) is 12.8 Å². The molecule has 3 heterocycles. The molecular weight excluding hydrogens is 321 g/mol. The fraction of sp³-hybridized carbons (Fsp3) is 0.263. The molecule has 0 N–H and O–H groups in total. The van der Waals surface area contributed by atoms with Gasteiger partial charge in [-0.3, -0.25) is 9.48 Å². The number of nitrogens with zero attached hydrogens (tertiary/aromatic N) is 3. The van der Waals surface area contributed by atoms with E-state index in [9.17, 15) is 9.18 Å². The van der Waals surface area contributed by atoms with Crippen molar-refractivity contribution in [1.29, 1.82) is 0 Å². The Bertz CT molecular complexity index is 872. The summed E-state index contributed by atoms with van der Waals surface area (Å²) in [4.78, 5) is 14.5. The Morgan fingerprint density at radius 1 is 1.20 bits per heavy atom. The van der Waals surface area contributed by atoms with Crippen LogP contribution in [0.25, 0.3) is 11.3 Å². The van der Waals surface area contributed by atoms with Gasteiger partial charge in [0.25, 0.3) is 5.91 Å². The Morgan fingerprint density at radius 2 is 2.08 bits per heavy atom. The summed E-state index contributed by atoms with van der Waals surface area (Å²) >= 11 is 0. The minimum atomic E-state index is -0.368.